The highest BCUT2D eigenvalue weighted by atomic mass is 19.3. The van der Waals surface area contributed by atoms with Crippen LogP contribution in [0.25, 0.3) is 0 Å². The van der Waals surface area contributed by atoms with Crippen LogP contribution in [0, 0.1) is 5.92 Å². The largest absolute Gasteiger partial charge is 0.469 e. The first kappa shape index (κ1) is 24.5. The highest BCUT2D eigenvalue weighted by Gasteiger charge is 2.52. The lowest BCUT2D eigenvalue weighted by atomic mass is 9.97. The number of alkyl halides is 2. The molecule has 1 fully saturated rings. The van der Waals surface area contributed by atoms with Gasteiger partial charge in [-0.2, -0.15) is 8.78 Å². The van der Waals surface area contributed by atoms with E-state index in [4.69, 9.17) is 0 Å². The van der Waals surface area contributed by atoms with Crippen molar-refractivity contribution in [2.24, 2.45) is 5.92 Å². The molecule has 1 saturated heterocycles. The van der Waals surface area contributed by atoms with Gasteiger partial charge in [-0.3, -0.25) is 9.59 Å². The smallest absolute Gasteiger partial charge is 0.327 e. The van der Waals surface area contributed by atoms with E-state index in [9.17, 15) is 23.5 Å². The van der Waals surface area contributed by atoms with Gasteiger partial charge in [-0.1, -0.05) is 51.7 Å². The third-order valence-electron chi connectivity index (χ3n) is 5.32. The van der Waals surface area contributed by atoms with Gasteiger partial charge in [0.1, 0.15) is 0 Å². The van der Waals surface area contributed by atoms with E-state index in [1.807, 2.05) is 6.92 Å². The van der Waals surface area contributed by atoms with E-state index in [0.717, 1.165) is 32.1 Å². The van der Waals surface area contributed by atoms with Gasteiger partial charge >= 0.3 is 11.9 Å². The summed E-state index contributed by atoms with van der Waals surface area (Å²) in [5.41, 5.74) is 0. The molecule has 0 aliphatic carbocycles. The molecule has 1 rings (SSSR count). The number of nitrogens with zero attached hydrogens (tertiary/aromatic N) is 1. The minimum atomic E-state index is -3.35. The highest BCUT2D eigenvalue weighted by Crippen LogP contribution is 2.34. The second-order valence-corrected chi connectivity index (χ2v) is 7.71. The van der Waals surface area contributed by atoms with Crippen molar-refractivity contribution in [3.8, 4) is 0 Å². The van der Waals surface area contributed by atoms with Gasteiger partial charge in [-0.15, -0.1) is 0 Å². The zero-order valence-corrected chi connectivity index (χ0v) is 17.3. The predicted molar refractivity (Wildman–Crippen MR) is 104 cm³/mol. The third-order valence-corrected chi connectivity index (χ3v) is 5.32. The van der Waals surface area contributed by atoms with Crippen molar-refractivity contribution in [1.82, 2.24) is 4.90 Å². The highest BCUT2D eigenvalue weighted by molar-refractivity contribution is 5.86. The van der Waals surface area contributed by atoms with E-state index in [2.05, 4.69) is 11.7 Å². The van der Waals surface area contributed by atoms with Crippen LogP contribution < -0.4 is 0 Å². The summed E-state index contributed by atoms with van der Waals surface area (Å²) in [6.45, 7) is 4.27. The molecule has 5 nitrogen and oxygen atoms in total. The van der Waals surface area contributed by atoms with Crippen molar-refractivity contribution in [3.05, 3.63) is 12.2 Å². The Morgan fingerprint density at radius 3 is 2.64 bits per heavy atom. The molecule has 0 radical (unpaired) electrons. The van der Waals surface area contributed by atoms with Crippen molar-refractivity contribution in [2.45, 2.75) is 89.7 Å². The summed E-state index contributed by atoms with van der Waals surface area (Å²) in [5.74, 6) is -4.69. The van der Waals surface area contributed by atoms with E-state index in [1.54, 1.807) is 12.2 Å². The summed E-state index contributed by atoms with van der Waals surface area (Å²) >= 11 is 0. The molecule has 1 heterocycles. The fourth-order valence-corrected chi connectivity index (χ4v) is 3.40. The van der Waals surface area contributed by atoms with Gasteiger partial charge in [-0.25, -0.2) is 0 Å². The number of carbonyl (C=O) groups excluding carboxylic acids is 2. The number of aliphatic hydroxyl groups excluding tert-OH is 1. The van der Waals surface area contributed by atoms with Crippen LogP contribution in [0.2, 0.25) is 0 Å². The summed E-state index contributed by atoms with van der Waals surface area (Å²) in [5, 5.41) is 10.2. The molecule has 1 N–H and O–H groups in total. The molecule has 0 saturated carbocycles. The molecule has 1 amide bonds. The maximum absolute atomic E-state index is 13.9. The number of aliphatic hydroxyl groups is 1. The van der Waals surface area contributed by atoms with Gasteiger partial charge in [-0.05, 0) is 25.2 Å². The van der Waals surface area contributed by atoms with Crippen molar-refractivity contribution < 1.29 is 28.2 Å². The number of rotatable bonds is 13. The third kappa shape index (κ3) is 7.86. The van der Waals surface area contributed by atoms with Crippen molar-refractivity contribution in [1.29, 1.82) is 0 Å². The summed E-state index contributed by atoms with van der Waals surface area (Å²) < 4.78 is 32.4. The minimum absolute atomic E-state index is 0.0528. The number of halogens is 2. The van der Waals surface area contributed by atoms with Crippen LogP contribution in [0.15, 0.2) is 12.2 Å². The number of hydrogen-bond acceptors (Lipinski definition) is 4. The van der Waals surface area contributed by atoms with E-state index in [0.29, 0.717) is 19.3 Å². The Balaban J connectivity index is 2.52. The van der Waals surface area contributed by atoms with Gasteiger partial charge < -0.3 is 14.7 Å². The zero-order chi connectivity index (χ0) is 21.2. The maximum atomic E-state index is 13.9. The number of carbonyl (C=O) groups is 2. The van der Waals surface area contributed by atoms with Crippen LogP contribution in [-0.2, 0) is 14.3 Å². The molecule has 0 aromatic heterocycles. The van der Waals surface area contributed by atoms with E-state index in [1.165, 1.54) is 12.0 Å². The molecule has 3 atom stereocenters. The molecule has 0 aromatic rings. The molecule has 0 aromatic carbocycles. The average Bonchev–Trinajstić information content (AvgIpc) is 2.89. The number of unbranched alkanes of at least 4 members (excludes halogenated alkanes) is 4. The van der Waals surface area contributed by atoms with Crippen molar-refractivity contribution in [2.75, 3.05) is 13.7 Å². The second-order valence-electron chi connectivity index (χ2n) is 7.71. The number of amides is 1. The van der Waals surface area contributed by atoms with Crippen molar-refractivity contribution in [3.63, 3.8) is 0 Å². The molecule has 1 aliphatic heterocycles. The Bertz CT molecular complexity index is 525. The number of esters is 1. The van der Waals surface area contributed by atoms with Crippen LogP contribution in [0.4, 0.5) is 8.78 Å². The summed E-state index contributed by atoms with van der Waals surface area (Å²) in [4.78, 5) is 24.3. The topological polar surface area (TPSA) is 66.8 Å². The van der Waals surface area contributed by atoms with Gasteiger partial charge in [0.25, 0.3) is 5.91 Å². The lowest BCUT2D eigenvalue weighted by Gasteiger charge is -2.22. The van der Waals surface area contributed by atoms with E-state index in [-0.39, 0.29) is 18.4 Å². The average molecular weight is 404 g/mol. The first-order valence-electron chi connectivity index (χ1n) is 10.3. The second kappa shape index (κ2) is 12.1. The van der Waals surface area contributed by atoms with Crippen LogP contribution in [0.1, 0.15) is 71.6 Å². The fourth-order valence-electron chi connectivity index (χ4n) is 3.40. The van der Waals surface area contributed by atoms with Crippen LogP contribution in [0.5, 0.6) is 0 Å². The number of methoxy groups -OCH3 is 1. The van der Waals surface area contributed by atoms with Crippen LogP contribution in [0.3, 0.4) is 0 Å². The molecule has 162 valence electrons. The first-order valence-corrected chi connectivity index (χ1v) is 10.3. The summed E-state index contributed by atoms with van der Waals surface area (Å²) in [6, 6.07) is -0.689. The molecule has 0 bridgehead atoms. The van der Waals surface area contributed by atoms with E-state index < -0.39 is 30.4 Å². The minimum Gasteiger partial charge on any atom is -0.469 e. The molecule has 7 heteroatoms. The maximum Gasteiger partial charge on any atom is 0.327 e. The lowest BCUT2D eigenvalue weighted by Crippen LogP contribution is -2.36. The van der Waals surface area contributed by atoms with Crippen molar-refractivity contribution >= 4 is 11.9 Å². The van der Waals surface area contributed by atoms with Gasteiger partial charge in [0.2, 0.25) is 0 Å². The molecule has 2 unspecified atom stereocenters. The van der Waals surface area contributed by atoms with Crippen LogP contribution in [-0.4, -0.2) is 53.6 Å². The van der Waals surface area contributed by atoms with Gasteiger partial charge in [0, 0.05) is 19.4 Å². The Morgan fingerprint density at radius 2 is 2.00 bits per heavy atom. The monoisotopic (exact) mass is 403 g/mol. The van der Waals surface area contributed by atoms with E-state index >= 15 is 0 Å². The van der Waals surface area contributed by atoms with Gasteiger partial charge in [0.15, 0.2) is 0 Å². The Hall–Kier alpha value is -1.50. The Morgan fingerprint density at radius 1 is 1.32 bits per heavy atom. The molecule has 1 aliphatic rings. The number of hydrogen-bond donors (Lipinski definition) is 1. The fraction of sp³-hybridized carbons (Fsp3) is 0.810. The number of likely N-dealkylation sites (tertiary alicyclic amines) is 1. The normalized spacial score (nSPS) is 21.3. The first-order chi connectivity index (χ1) is 13.2. The number of ether oxygens (including phenoxy) is 1. The zero-order valence-electron chi connectivity index (χ0n) is 17.3. The predicted octanol–water partition coefficient (Wildman–Crippen LogP) is 4.09. The SMILES string of the molecule is CCCCC(C)C(O)C=C[C@H]1CC(F)(F)C(=O)N1CCCCCCC(=O)OC. The van der Waals surface area contributed by atoms with Crippen LogP contribution >= 0.6 is 0 Å². The van der Waals surface area contributed by atoms with Gasteiger partial charge in [0.05, 0.1) is 19.3 Å². The Labute approximate surface area is 167 Å². The summed E-state index contributed by atoms with van der Waals surface area (Å²) in [6.07, 6.45) is 7.95. The molecular weight excluding hydrogens is 368 g/mol. The lowest BCUT2D eigenvalue weighted by molar-refractivity contribution is -0.148. The Kier molecular flexibility index (Phi) is 10.6. The summed E-state index contributed by atoms with van der Waals surface area (Å²) in [7, 11) is 1.34. The standard InChI is InChI=1S/C21H35F2NO4/c1-4-5-10-16(2)18(25)13-12-17-15-21(22,23)20(27)24(17)14-9-7-6-8-11-19(26)28-3/h12-13,16-18,25H,4-11,14-15H2,1-3H3/t16?,17-,18?/m0/s1. The quantitative estimate of drug-likeness (QED) is 0.286. The molecular formula is C21H35F2NO4. The molecule has 28 heavy (non-hydrogen) atoms. The molecule has 0 spiro atoms.